The summed E-state index contributed by atoms with van der Waals surface area (Å²) in [5.74, 6) is 2.33. The van der Waals surface area contributed by atoms with E-state index < -0.39 is 0 Å². The number of carbonyl (C=O) groups is 1. The molecule has 1 aromatic heterocycles. The molecule has 0 aliphatic carbocycles. The van der Waals surface area contributed by atoms with Gasteiger partial charge in [0, 0.05) is 13.0 Å². The van der Waals surface area contributed by atoms with Gasteiger partial charge in [0.2, 0.25) is 0 Å². The van der Waals surface area contributed by atoms with Gasteiger partial charge in [0.25, 0.3) is 0 Å². The van der Waals surface area contributed by atoms with E-state index in [1.54, 1.807) is 0 Å². The normalized spacial score (nSPS) is 17.2. The van der Waals surface area contributed by atoms with Gasteiger partial charge < -0.3 is 14.0 Å². The lowest BCUT2D eigenvalue weighted by Crippen LogP contribution is -2.17. The summed E-state index contributed by atoms with van der Waals surface area (Å²) in [5, 5.41) is 8.48. The molecule has 0 N–H and O–H groups in total. The number of ether oxygens (including phenoxy) is 2. The maximum absolute atomic E-state index is 11.7. The van der Waals surface area contributed by atoms with Crippen LogP contribution in [0.1, 0.15) is 30.1 Å². The molecule has 1 unspecified atom stereocenters. The largest absolute Gasteiger partial charge is 0.486 e. The van der Waals surface area contributed by atoms with Crippen molar-refractivity contribution < 1.29 is 14.3 Å². The Balaban J connectivity index is 1.66. The van der Waals surface area contributed by atoms with E-state index in [4.69, 9.17) is 9.47 Å². The van der Waals surface area contributed by atoms with Gasteiger partial charge in [-0.15, -0.1) is 10.2 Å². The van der Waals surface area contributed by atoms with Crippen LogP contribution in [-0.2, 0) is 29.1 Å². The number of esters is 1. The third-order valence-corrected chi connectivity index (χ3v) is 4.25. The lowest BCUT2D eigenvalue weighted by molar-refractivity contribution is -0.145. The first-order valence-electron chi connectivity index (χ1n) is 7.85. The Bertz CT molecular complexity index is 679. The second kappa shape index (κ2) is 6.81. The van der Waals surface area contributed by atoms with E-state index in [0.29, 0.717) is 13.2 Å². The fourth-order valence-corrected chi connectivity index (χ4v) is 2.84. The lowest BCUT2D eigenvalue weighted by Gasteiger charge is -2.11. The Morgan fingerprint density at radius 1 is 1.26 bits per heavy atom. The second-order valence-electron chi connectivity index (χ2n) is 5.83. The second-order valence-corrected chi connectivity index (χ2v) is 5.83. The van der Waals surface area contributed by atoms with Crippen molar-refractivity contribution in [3.8, 4) is 5.75 Å². The first-order chi connectivity index (χ1) is 11.2. The molecule has 0 saturated carbocycles. The molecular formula is C17H21N3O3. The highest BCUT2D eigenvalue weighted by atomic mass is 16.5. The molecule has 1 atom stereocenters. The molecule has 0 spiro atoms. The Kier molecular flexibility index (Phi) is 4.60. The van der Waals surface area contributed by atoms with Crippen LogP contribution < -0.4 is 4.74 Å². The molecule has 0 bridgehead atoms. The number of carbonyl (C=O) groups excluding carboxylic acids is 1. The van der Waals surface area contributed by atoms with Crippen LogP contribution in [0.25, 0.3) is 0 Å². The SMILES string of the molecule is COC(=O)C1CCc2nnc(COc3ccc(C)cc3)n2CC1. The van der Waals surface area contributed by atoms with E-state index in [2.05, 4.69) is 14.8 Å². The molecule has 23 heavy (non-hydrogen) atoms. The number of aryl methyl sites for hydroxylation is 2. The predicted molar refractivity (Wildman–Crippen MR) is 84.0 cm³/mol. The molecule has 1 aliphatic rings. The number of fused-ring (bicyclic) bond motifs is 1. The Hall–Kier alpha value is -2.37. The smallest absolute Gasteiger partial charge is 0.308 e. The molecule has 0 saturated heterocycles. The topological polar surface area (TPSA) is 66.2 Å². The lowest BCUT2D eigenvalue weighted by atomic mass is 10.0. The van der Waals surface area contributed by atoms with Crippen LogP contribution in [0.15, 0.2) is 24.3 Å². The quantitative estimate of drug-likeness (QED) is 0.810. The third-order valence-electron chi connectivity index (χ3n) is 4.25. The van der Waals surface area contributed by atoms with E-state index >= 15 is 0 Å². The van der Waals surface area contributed by atoms with Crippen molar-refractivity contribution in [3.05, 3.63) is 41.5 Å². The van der Waals surface area contributed by atoms with Gasteiger partial charge in [0.15, 0.2) is 5.82 Å². The van der Waals surface area contributed by atoms with Crippen LogP contribution in [0.3, 0.4) is 0 Å². The van der Waals surface area contributed by atoms with Crippen molar-refractivity contribution in [2.45, 2.75) is 39.3 Å². The van der Waals surface area contributed by atoms with Crippen LogP contribution in [0.2, 0.25) is 0 Å². The van der Waals surface area contributed by atoms with Gasteiger partial charge in [0.1, 0.15) is 18.2 Å². The summed E-state index contributed by atoms with van der Waals surface area (Å²) in [6, 6.07) is 7.92. The fraction of sp³-hybridized carbons (Fsp3) is 0.471. The highest BCUT2D eigenvalue weighted by molar-refractivity contribution is 5.72. The first kappa shape index (κ1) is 15.5. The predicted octanol–water partition coefficient (Wildman–Crippen LogP) is 2.29. The summed E-state index contributed by atoms with van der Waals surface area (Å²) in [5.41, 5.74) is 1.20. The number of hydrogen-bond acceptors (Lipinski definition) is 5. The summed E-state index contributed by atoms with van der Waals surface area (Å²) in [7, 11) is 1.44. The number of aromatic nitrogens is 3. The molecule has 2 heterocycles. The van der Waals surface area contributed by atoms with Crippen molar-refractivity contribution >= 4 is 5.97 Å². The molecule has 3 rings (SSSR count). The van der Waals surface area contributed by atoms with Crippen molar-refractivity contribution in [2.24, 2.45) is 5.92 Å². The monoisotopic (exact) mass is 315 g/mol. The zero-order valence-corrected chi connectivity index (χ0v) is 13.5. The molecule has 6 heteroatoms. The summed E-state index contributed by atoms with van der Waals surface area (Å²) in [6.45, 7) is 3.13. The molecular weight excluding hydrogens is 294 g/mol. The Morgan fingerprint density at radius 3 is 2.78 bits per heavy atom. The average molecular weight is 315 g/mol. The molecule has 122 valence electrons. The Labute approximate surface area is 135 Å². The molecule has 0 fully saturated rings. The zero-order chi connectivity index (χ0) is 16.2. The minimum Gasteiger partial charge on any atom is -0.486 e. The van der Waals surface area contributed by atoms with Gasteiger partial charge in [-0.2, -0.15) is 0 Å². The molecule has 6 nitrogen and oxygen atoms in total. The van der Waals surface area contributed by atoms with Gasteiger partial charge in [-0.3, -0.25) is 4.79 Å². The van der Waals surface area contributed by atoms with Gasteiger partial charge >= 0.3 is 5.97 Å². The van der Waals surface area contributed by atoms with Crippen molar-refractivity contribution in [3.63, 3.8) is 0 Å². The first-order valence-corrected chi connectivity index (χ1v) is 7.85. The van der Waals surface area contributed by atoms with Crippen LogP contribution in [0, 0.1) is 12.8 Å². The Morgan fingerprint density at radius 2 is 2.04 bits per heavy atom. The third kappa shape index (κ3) is 3.52. The summed E-state index contributed by atoms with van der Waals surface area (Å²) < 4.78 is 12.7. The van der Waals surface area contributed by atoms with Gasteiger partial charge in [-0.25, -0.2) is 0 Å². The van der Waals surface area contributed by atoms with Gasteiger partial charge in [-0.05, 0) is 31.9 Å². The van der Waals surface area contributed by atoms with Crippen LogP contribution in [-0.4, -0.2) is 27.8 Å². The molecule has 1 aliphatic heterocycles. The maximum Gasteiger partial charge on any atom is 0.308 e. The number of benzene rings is 1. The highest BCUT2D eigenvalue weighted by Crippen LogP contribution is 2.22. The summed E-state index contributed by atoms with van der Waals surface area (Å²) in [6.07, 6.45) is 2.23. The van der Waals surface area contributed by atoms with Gasteiger partial charge in [0.05, 0.1) is 13.0 Å². The average Bonchev–Trinajstić information content (AvgIpc) is 2.83. The van der Waals surface area contributed by atoms with Crippen molar-refractivity contribution in [1.82, 2.24) is 14.8 Å². The fourth-order valence-electron chi connectivity index (χ4n) is 2.84. The maximum atomic E-state index is 11.7. The van der Waals surface area contributed by atoms with E-state index in [1.807, 2.05) is 31.2 Å². The number of nitrogens with zero attached hydrogens (tertiary/aromatic N) is 3. The van der Waals surface area contributed by atoms with Crippen LogP contribution in [0.4, 0.5) is 0 Å². The minimum atomic E-state index is -0.138. The number of methoxy groups -OCH3 is 1. The van der Waals surface area contributed by atoms with E-state index in [9.17, 15) is 4.79 Å². The molecule has 0 radical (unpaired) electrons. The molecule has 2 aromatic rings. The van der Waals surface area contributed by atoms with Crippen LogP contribution >= 0.6 is 0 Å². The summed E-state index contributed by atoms with van der Waals surface area (Å²) >= 11 is 0. The van der Waals surface area contributed by atoms with E-state index in [1.165, 1.54) is 12.7 Å². The van der Waals surface area contributed by atoms with Gasteiger partial charge in [-0.1, -0.05) is 17.7 Å². The summed E-state index contributed by atoms with van der Waals surface area (Å²) in [4.78, 5) is 11.7. The minimum absolute atomic E-state index is 0.0624. The highest BCUT2D eigenvalue weighted by Gasteiger charge is 2.25. The van der Waals surface area contributed by atoms with E-state index in [0.717, 1.165) is 36.7 Å². The van der Waals surface area contributed by atoms with Crippen LogP contribution in [0.5, 0.6) is 5.75 Å². The zero-order valence-electron chi connectivity index (χ0n) is 13.5. The number of hydrogen-bond donors (Lipinski definition) is 0. The molecule has 1 aromatic carbocycles. The molecule has 0 amide bonds. The standard InChI is InChI=1S/C17H21N3O3/c1-12-3-6-14(7-4-12)23-11-16-19-18-15-8-5-13(17(21)22-2)9-10-20(15)16/h3-4,6-7,13H,5,8-11H2,1-2H3. The van der Waals surface area contributed by atoms with E-state index in [-0.39, 0.29) is 11.9 Å². The number of rotatable bonds is 4. The van der Waals surface area contributed by atoms with Crippen molar-refractivity contribution in [2.75, 3.05) is 7.11 Å². The van der Waals surface area contributed by atoms with Crippen molar-refractivity contribution in [1.29, 1.82) is 0 Å².